The highest BCUT2D eigenvalue weighted by atomic mass is 32.1. The maximum absolute atomic E-state index is 13.8. The molecule has 0 atom stereocenters. The monoisotopic (exact) mass is 461 g/mol. The van der Waals surface area contributed by atoms with E-state index < -0.39 is 11.7 Å². The maximum atomic E-state index is 13.8. The van der Waals surface area contributed by atoms with Crippen LogP contribution < -0.4 is 10.2 Å². The molecule has 1 aliphatic heterocycles. The molecule has 2 aromatic heterocycles. The van der Waals surface area contributed by atoms with Gasteiger partial charge in [-0.1, -0.05) is 24.3 Å². The van der Waals surface area contributed by atoms with Crippen LogP contribution in [0.4, 0.5) is 10.1 Å². The molecule has 166 valence electrons. The van der Waals surface area contributed by atoms with Gasteiger partial charge >= 0.3 is 0 Å². The second-order valence-corrected chi connectivity index (χ2v) is 8.57. The van der Waals surface area contributed by atoms with Crippen LogP contribution in [0.5, 0.6) is 0 Å². The fourth-order valence-electron chi connectivity index (χ4n) is 3.74. The van der Waals surface area contributed by atoms with E-state index in [1.807, 2.05) is 41.8 Å². The SMILES string of the molecule is O=C(NCc1ccc(N2CCCC2=O)cc1)c1nc(-c2cccs2)n(-c2cccc(F)c2)n1. The van der Waals surface area contributed by atoms with E-state index in [1.54, 1.807) is 17.0 Å². The van der Waals surface area contributed by atoms with Crippen molar-refractivity contribution in [1.29, 1.82) is 0 Å². The molecule has 0 unspecified atom stereocenters. The molecule has 33 heavy (non-hydrogen) atoms. The fraction of sp³-hybridized carbons (Fsp3) is 0.167. The molecule has 7 nitrogen and oxygen atoms in total. The van der Waals surface area contributed by atoms with Gasteiger partial charge in [0, 0.05) is 25.2 Å². The maximum Gasteiger partial charge on any atom is 0.291 e. The second kappa shape index (κ2) is 8.95. The fourth-order valence-corrected chi connectivity index (χ4v) is 4.44. The quantitative estimate of drug-likeness (QED) is 0.467. The van der Waals surface area contributed by atoms with Gasteiger partial charge in [-0.2, -0.15) is 0 Å². The van der Waals surface area contributed by atoms with Gasteiger partial charge in [0.15, 0.2) is 5.82 Å². The molecule has 1 aliphatic rings. The topological polar surface area (TPSA) is 80.1 Å². The van der Waals surface area contributed by atoms with Crippen LogP contribution in [0.1, 0.15) is 29.0 Å². The summed E-state index contributed by atoms with van der Waals surface area (Å²) >= 11 is 1.46. The molecule has 0 bridgehead atoms. The lowest BCUT2D eigenvalue weighted by Gasteiger charge is -2.15. The summed E-state index contributed by atoms with van der Waals surface area (Å²) in [6.07, 6.45) is 1.46. The van der Waals surface area contributed by atoms with Crippen molar-refractivity contribution in [1.82, 2.24) is 20.1 Å². The van der Waals surface area contributed by atoms with Crippen LogP contribution in [0.3, 0.4) is 0 Å². The summed E-state index contributed by atoms with van der Waals surface area (Å²) in [6.45, 7) is 1.02. The number of carbonyl (C=O) groups excluding carboxylic acids is 2. The lowest BCUT2D eigenvalue weighted by molar-refractivity contribution is -0.117. The average Bonchev–Trinajstić information content (AvgIpc) is 3.58. The second-order valence-electron chi connectivity index (χ2n) is 7.63. The van der Waals surface area contributed by atoms with Crippen molar-refractivity contribution in [3.8, 4) is 16.4 Å². The lowest BCUT2D eigenvalue weighted by Crippen LogP contribution is -2.25. The van der Waals surface area contributed by atoms with Gasteiger partial charge in [0.25, 0.3) is 5.91 Å². The zero-order valence-corrected chi connectivity index (χ0v) is 18.4. The number of nitrogens with zero attached hydrogens (tertiary/aromatic N) is 4. The molecular formula is C24H20FN5O2S. The zero-order valence-electron chi connectivity index (χ0n) is 17.6. The molecule has 0 spiro atoms. The number of nitrogens with one attached hydrogen (secondary N) is 1. The molecule has 4 aromatic rings. The van der Waals surface area contributed by atoms with E-state index in [-0.39, 0.29) is 18.3 Å². The van der Waals surface area contributed by atoms with E-state index in [0.717, 1.165) is 29.1 Å². The molecule has 1 saturated heterocycles. The lowest BCUT2D eigenvalue weighted by atomic mass is 10.2. The van der Waals surface area contributed by atoms with Gasteiger partial charge in [0.1, 0.15) is 5.82 Å². The van der Waals surface area contributed by atoms with E-state index >= 15 is 0 Å². The Hall–Kier alpha value is -3.85. The van der Waals surface area contributed by atoms with E-state index in [9.17, 15) is 14.0 Å². The van der Waals surface area contributed by atoms with Crippen molar-refractivity contribution in [2.45, 2.75) is 19.4 Å². The molecule has 2 aromatic carbocycles. The van der Waals surface area contributed by atoms with Gasteiger partial charge in [0.05, 0.1) is 10.6 Å². The summed E-state index contributed by atoms with van der Waals surface area (Å²) in [5.41, 5.74) is 2.24. The third kappa shape index (κ3) is 4.40. The smallest absolute Gasteiger partial charge is 0.291 e. The number of amides is 2. The highest BCUT2D eigenvalue weighted by Crippen LogP contribution is 2.26. The summed E-state index contributed by atoms with van der Waals surface area (Å²) in [7, 11) is 0. The largest absolute Gasteiger partial charge is 0.345 e. The standard InChI is InChI=1S/C24H20FN5O2S/c25-17-4-1-5-19(14-17)30-23(20-6-3-13-33-20)27-22(28-30)24(32)26-15-16-8-10-18(11-9-16)29-12-2-7-21(29)31/h1,3-6,8-11,13-14H,2,7,12,15H2,(H,26,32). The Labute approximate surface area is 193 Å². The first-order chi connectivity index (χ1) is 16.1. The van der Waals surface area contributed by atoms with E-state index in [1.165, 1.54) is 28.2 Å². The molecule has 0 saturated carbocycles. The molecule has 0 aliphatic carbocycles. The van der Waals surface area contributed by atoms with Gasteiger partial charge in [-0.05, 0) is 53.8 Å². The van der Waals surface area contributed by atoms with Crippen LogP contribution >= 0.6 is 11.3 Å². The number of aromatic nitrogens is 3. The van der Waals surface area contributed by atoms with Crippen molar-refractivity contribution in [2.24, 2.45) is 0 Å². The first kappa shape index (κ1) is 21.0. The Morgan fingerprint density at radius 2 is 1.94 bits per heavy atom. The van der Waals surface area contributed by atoms with Crippen LogP contribution in [0.2, 0.25) is 0 Å². The number of hydrogen-bond acceptors (Lipinski definition) is 5. The third-order valence-corrected chi connectivity index (χ3v) is 6.24. The zero-order chi connectivity index (χ0) is 22.8. The molecule has 9 heteroatoms. The number of benzene rings is 2. The Bertz CT molecular complexity index is 1300. The predicted molar refractivity (Wildman–Crippen MR) is 124 cm³/mol. The average molecular weight is 462 g/mol. The van der Waals surface area contributed by atoms with Crippen molar-refractivity contribution in [2.75, 3.05) is 11.4 Å². The number of halogens is 1. The highest BCUT2D eigenvalue weighted by molar-refractivity contribution is 7.13. The Kier molecular flexibility index (Phi) is 5.70. The van der Waals surface area contributed by atoms with Crippen molar-refractivity contribution >= 4 is 28.8 Å². The van der Waals surface area contributed by atoms with Crippen LogP contribution in [-0.2, 0) is 11.3 Å². The first-order valence-electron chi connectivity index (χ1n) is 10.5. The molecular weight excluding hydrogens is 441 g/mol. The first-order valence-corrected chi connectivity index (χ1v) is 11.4. The minimum absolute atomic E-state index is 0.00180. The minimum Gasteiger partial charge on any atom is -0.345 e. The van der Waals surface area contributed by atoms with Gasteiger partial charge < -0.3 is 10.2 Å². The number of thiophene rings is 1. The summed E-state index contributed by atoms with van der Waals surface area (Å²) < 4.78 is 15.3. The van der Waals surface area contributed by atoms with Crippen LogP contribution in [0.15, 0.2) is 66.0 Å². The number of carbonyl (C=O) groups is 2. The van der Waals surface area contributed by atoms with Crippen LogP contribution in [0.25, 0.3) is 16.4 Å². The number of anilines is 1. The Morgan fingerprint density at radius 3 is 2.64 bits per heavy atom. The van der Waals surface area contributed by atoms with Gasteiger partial charge in [0.2, 0.25) is 11.7 Å². The van der Waals surface area contributed by atoms with Crippen LogP contribution in [0, 0.1) is 5.82 Å². The predicted octanol–water partition coefficient (Wildman–Crippen LogP) is 4.19. The summed E-state index contributed by atoms with van der Waals surface area (Å²) in [4.78, 5) is 31.7. The molecule has 2 amide bonds. The van der Waals surface area contributed by atoms with Crippen LogP contribution in [-0.4, -0.2) is 33.1 Å². The molecule has 1 N–H and O–H groups in total. The Morgan fingerprint density at radius 1 is 1.09 bits per heavy atom. The highest BCUT2D eigenvalue weighted by Gasteiger charge is 2.22. The number of rotatable bonds is 6. The van der Waals surface area contributed by atoms with Crippen molar-refractivity contribution in [3.63, 3.8) is 0 Å². The summed E-state index contributed by atoms with van der Waals surface area (Å²) in [5.74, 6) is -0.216. The number of hydrogen-bond donors (Lipinski definition) is 1. The summed E-state index contributed by atoms with van der Waals surface area (Å²) in [6, 6.07) is 17.3. The molecule has 0 radical (unpaired) electrons. The van der Waals surface area contributed by atoms with E-state index in [4.69, 9.17) is 0 Å². The van der Waals surface area contributed by atoms with Gasteiger partial charge in [-0.15, -0.1) is 16.4 Å². The minimum atomic E-state index is -0.429. The summed E-state index contributed by atoms with van der Waals surface area (Å²) in [5, 5.41) is 9.09. The molecule has 5 rings (SSSR count). The molecule has 3 heterocycles. The van der Waals surface area contributed by atoms with E-state index in [0.29, 0.717) is 17.9 Å². The third-order valence-electron chi connectivity index (χ3n) is 5.38. The van der Waals surface area contributed by atoms with Gasteiger partial charge in [-0.25, -0.2) is 14.1 Å². The van der Waals surface area contributed by atoms with Gasteiger partial charge in [-0.3, -0.25) is 9.59 Å². The normalized spacial score (nSPS) is 13.5. The Balaban J connectivity index is 1.33. The van der Waals surface area contributed by atoms with Crippen molar-refractivity contribution in [3.05, 3.63) is 83.2 Å². The van der Waals surface area contributed by atoms with E-state index in [2.05, 4.69) is 15.4 Å². The molecule has 1 fully saturated rings. The van der Waals surface area contributed by atoms with Crippen molar-refractivity contribution < 1.29 is 14.0 Å².